The Morgan fingerprint density at radius 3 is 2.22 bits per heavy atom. The van der Waals surface area contributed by atoms with Gasteiger partial charge >= 0.3 is 0 Å². The fourth-order valence-corrected chi connectivity index (χ4v) is 2.99. The number of rotatable bonds is 8. The van der Waals surface area contributed by atoms with Crippen molar-refractivity contribution in [3.63, 3.8) is 0 Å². The van der Waals surface area contributed by atoms with Crippen LogP contribution in [0.25, 0.3) is 0 Å². The van der Waals surface area contributed by atoms with Crippen LogP contribution in [0.1, 0.15) is 55.1 Å². The van der Waals surface area contributed by atoms with E-state index in [1.165, 1.54) is 24.3 Å². The van der Waals surface area contributed by atoms with Gasteiger partial charge in [0.2, 0.25) is 0 Å². The van der Waals surface area contributed by atoms with E-state index in [0.717, 1.165) is 11.1 Å². The SMILES string of the molecule is Cc1ccc(C(C)C)c(OCC(=O)NNC(=O)[C@@H](NC(=O)c2ccc(F)cc2)C(C)C)c1. The van der Waals surface area contributed by atoms with Gasteiger partial charge in [0.15, 0.2) is 6.61 Å². The zero-order valence-corrected chi connectivity index (χ0v) is 19.0. The fraction of sp³-hybridized carbons (Fsp3) is 0.375. The highest BCUT2D eigenvalue weighted by molar-refractivity contribution is 5.97. The van der Waals surface area contributed by atoms with Gasteiger partial charge in [0.05, 0.1) is 0 Å². The monoisotopic (exact) mass is 443 g/mol. The van der Waals surface area contributed by atoms with Gasteiger partial charge in [0.25, 0.3) is 17.7 Å². The summed E-state index contributed by atoms with van der Waals surface area (Å²) in [5, 5.41) is 2.60. The maximum Gasteiger partial charge on any atom is 0.276 e. The highest BCUT2D eigenvalue weighted by atomic mass is 19.1. The normalized spacial score (nSPS) is 11.8. The molecule has 0 heterocycles. The molecular formula is C24H30FN3O4. The van der Waals surface area contributed by atoms with E-state index in [2.05, 4.69) is 16.2 Å². The molecule has 3 amide bonds. The van der Waals surface area contributed by atoms with Gasteiger partial charge < -0.3 is 10.1 Å². The van der Waals surface area contributed by atoms with Crippen LogP contribution in [0.4, 0.5) is 4.39 Å². The van der Waals surface area contributed by atoms with E-state index in [-0.39, 0.29) is 24.0 Å². The number of halogens is 1. The highest BCUT2D eigenvalue weighted by Crippen LogP contribution is 2.27. The predicted octanol–water partition coefficient (Wildman–Crippen LogP) is 3.24. The molecule has 0 aliphatic heterocycles. The predicted molar refractivity (Wildman–Crippen MR) is 120 cm³/mol. The van der Waals surface area contributed by atoms with Crippen LogP contribution < -0.4 is 20.9 Å². The number of carbonyl (C=O) groups is 3. The quantitative estimate of drug-likeness (QED) is 0.546. The maximum absolute atomic E-state index is 13.1. The summed E-state index contributed by atoms with van der Waals surface area (Å²) in [4.78, 5) is 37.1. The number of hydrogen-bond acceptors (Lipinski definition) is 4. The standard InChI is InChI=1S/C24H30FN3O4/c1-14(2)19-11-6-16(5)12-20(19)32-13-21(29)27-28-24(31)22(15(3)4)26-23(30)17-7-9-18(25)10-8-17/h6-12,14-15,22H,13H2,1-5H3,(H,26,30)(H,27,29)(H,28,31)/t22-/m0/s1. The number of amides is 3. The lowest BCUT2D eigenvalue weighted by atomic mass is 10.0. The summed E-state index contributed by atoms with van der Waals surface area (Å²) in [5.74, 6) is -1.51. The summed E-state index contributed by atoms with van der Waals surface area (Å²) < 4.78 is 18.7. The molecule has 0 saturated carbocycles. The van der Waals surface area contributed by atoms with Crippen LogP contribution in [0.2, 0.25) is 0 Å². The third-order valence-corrected chi connectivity index (χ3v) is 4.82. The summed E-state index contributed by atoms with van der Waals surface area (Å²) in [6.45, 7) is 9.23. The maximum atomic E-state index is 13.1. The van der Waals surface area contributed by atoms with Gasteiger partial charge in [0.1, 0.15) is 17.6 Å². The molecule has 0 aliphatic carbocycles. The molecule has 32 heavy (non-hydrogen) atoms. The molecule has 0 unspecified atom stereocenters. The molecule has 7 nitrogen and oxygen atoms in total. The Balaban J connectivity index is 1.91. The summed E-state index contributed by atoms with van der Waals surface area (Å²) in [6, 6.07) is 9.89. The van der Waals surface area contributed by atoms with E-state index in [0.29, 0.717) is 5.75 Å². The summed E-state index contributed by atoms with van der Waals surface area (Å²) >= 11 is 0. The number of benzene rings is 2. The van der Waals surface area contributed by atoms with Crippen molar-refractivity contribution in [2.45, 2.75) is 46.6 Å². The van der Waals surface area contributed by atoms with Crippen molar-refractivity contribution < 1.29 is 23.5 Å². The molecule has 8 heteroatoms. The van der Waals surface area contributed by atoms with E-state index < -0.39 is 29.6 Å². The average Bonchev–Trinajstić information content (AvgIpc) is 2.74. The van der Waals surface area contributed by atoms with Crippen LogP contribution in [0.15, 0.2) is 42.5 Å². The molecule has 2 aromatic carbocycles. The molecule has 0 bridgehead atoms. The molecule has 2 aromatic rings. The minimum absolute atomic E-state index is 0.224. The van der Waals surface area contributed by atoms with Crippen LogP contribution in [0.5, 0.6) is 5.75 Å². The van der Waals surface area contributed by atoms with Gasteiger partial charge in [-0.25, -0.2) is 4.39 Å². The third-order valence-electron chi connectivity index (χ3n) is 4.82. The van der Waals surface area contributed by atoms with Crippen LogP contribution in [0, 0.1) is 18.7 Å². The lowest BCUT2D eigenvalue weighted by Crippen LogP contribution is -2.55. The number of ether oxygens (including phenoxy) is 1. The molecule has 0 fully saturated rings. The Morgan fingerprint density at radius 2 is 1.62 bits per heavy atom. The largest absolute Gasteiger partial charge is 0.483 e. The van der Waals surface area contributed by atoms with Crippen molar-refractivity contribution in [1.82, 2.24) is 16.2 Å². The molecule has 1 atom stereocenters. The minimum atomic E-state index is -0.905. The molecule has 0 radical (unpaired) electrons. The van der Waals surface area contributed by atoms with E-state index in [1.54, 1.807) is 13.8 Å². The third kappa shape index (κ3) is 7.08. The second kappa shape index (κ2) is 11.3. The topological polar surface area (TPSA) is 96.5 Å². The van der Waals surface area contributed by atoms with Crippen molar-refractivity contribution in [2.75, 3.05) is 6.61 Å². The Morgan fingerprint density at radius 1 is 0.969 bits per heavy atom. The van der Waals surface area contributed by atoms with Crippen LogP contribution >= 0.6 is 0 Å². The molecule has 0 aliphatic rings. The lowest BCUT2D eigenvalue weighted by molar-refractivity contribution is -0.131. The average molecular weight is 444 g/mol. The fourth-order valence-electron chi connectivity index (χ4n) is 2.99. The van der Waals surface area contributed by atoms with Crippen LogP contribution in [-0.4, -0.2) is 30.4 Å². The highest BCUT2D eigenvalue weighted by Gasteiger charge is 2.25. The number of hydrazine groups is 1. The minimum Gasteiger partial charge on any atom is -0.483 e. The number of nitrogens with one attached hydrogen (secondary N) is 3. The second-order valence-corrected chi connectivity index (χ2v) is 8.22. The first-order valence-electron chi connectivity index (χ1n) is 10.5. The van der Waals surface area contributed by atoms with E-state index in [9.17, 15) is 18.8 Å². The van der Waals surface area contributed by atoms with Gasteiger partial charge in [-0.3, -0.25) is 25.2 Å². The van der Waals surface area contributed by atoms with Crippen molar-refractivity contribution in [1.29, 1.82) is 0 Å². The van der Waals surface area contributed by atoms with E-state index in [4.69, 9.17) is 4.74 Å². The smallest absolute Gasteiger partial charge is 0.276 e. The number of aryl methyl sites for hydroxylation is 1. The molecule has 3 N–H and O–H groups in total. The van der Waals surface area contributed by atoms with Gasteiger partial charge in [-0.2, -0.15) is 0 Å². The summed E-state index contributed by atoms with van der Waals surface area (Å²) in [5.41, 5.74) is 6.84. The van der Waals surface area contributed by atoms with Crippen molar-refractivity contribution >= 4 is 17.7 Å². The van der Waals surface area contributed by atoms with Crippen LogP contribution in [-0.2, 0) is 9.59 Å². The molecule has 0 saturated heterocycles. The first kappa shape index (κ1) is 24.8. The Labute approximate surface area is 187 Å². The molecule has 172 valence electrons. The van der Waals surface area contributed by atoms with Gasteiger partial charge in [0, 0.05) is 5.56 Å². The molecule has 2 rings (SSSR count). The second-order valence-electron chi connectivity index (χ2n) is 8.22. The first-order valence-corrected chi connectivity index (χ1v) is 10.5. The Bertz CT molecular complexity index is 958. The molecule has 0 aromatic heterocycles. The van der Waals surface area contributed by atoms with Gasteiger partial charge in [-0.1, -0.05) is 39.8 Å². The lowest BCUT2D eigenvalue weighted by Gasteiger charge is -2.22. The zero-order valence-electron chi connectivity index (χ0n) is 19.0. The van der Waals surface area contributed by atoms with Gasteiger partial charge in [-0.15, -0.1) is 0 Å². The zero-order chi connectivity index (χ0) is 23.8. The van der Waals surface area contributed by atoms with Crippen LogP contribution in [0.3, 0.4) is 0 Å². The Kier molecular flexibility index (Phi) is 8.75. The summed E-state index contributed by atoms with van der Waals surface area (Å²) in [7, 11) is 0. The number of hydrogen-bond donors (Lipinski definition) is 3. The van der Waals surface area contributed by atoms with Crippen molar-refractivity contribution in [3.05, 3.63) is 65.0 Å². The molecule has 0 spiro atoms. The van der Waals surface area contributed by atoms with Crippen molar-refractivity contribution in [2.24, 2.45) is 5.92 Å². The van der Waals surface area contributed by atoms with Gasteiger partial charge in [-0.05, 0) is 60.2 Å². The molecular weight excluding hydrogens is 413 g/mol. The van der Waals surface area contributed by atoms with E-state index in [1.807, 2.05) is 39.0 Å². The van der Waals surface area contributed by atoms with E-state index >= 15 is 0 Å². The summed E-state index contributed by atoms with van der Waals surface area (Å²) in [6.07, 6.45) is 0. The Hall–Kier alpha value is -3.42. The number of carbonyl (C=O) groups excluding carboxylic acids is 3. The first-order chi connectivity index (χ1) is 15.1. The van der Waals surface area contributed by atoms with Crippen molar-refractivity contribution in [3.8, 4) is 5.75 Å².